The molecule has 1 aromatic heterocycles. The lowest BCUT2D eigenvalue weighted by molar-refractivity contribution is 0.111. The Morgan fingerprint density at radius 3 is 2.75 bits per heavy atom. The first-order chi connectivity index (χ1) is 5.69. The first kappa shape index (κ1) is 8.93. The Hall–Kier alpha value is -1.16. The lowest BCUT2D eigenvalue weighted by atomic mass is 10.3. The molecular weight excluding hydrogens is 156 g/mol. The maximum atomic E-state index is 10.4. The molecule has 0 fully saturated rings. The summed E-state index contributed by atoms with van der Waals surface area (Å²) < 4.78 is 1.64. The number of carbonyl (C=O) groups excluding carboxylic acids is 1. The number of carbonyl (C=O) groups is 1. The molecule has 1 rings (SSSR count). The van der Waals surface area contributed by atoms with Gasteiger partial charge in [0, 0.05) is 6.04 Å². The highest BCUT2D eigenvalue weighted by Gasteiger charge is 2.08. The molecule has 0 aliphatic heterocycles. The van der Waals surface area contributed by atoms with Crippen LogP contribution in [0.25, 0.3) is 0 Å². The Morgan fingerprint density at radius 2 is 2.42 bits per heavy atom. The largest absolute Gasteiger partial charge is 0.390 e. The van der Waals surface area contributed by atoms with Gasteiger partial charge in [-0.15, -0.1) is 0 Å². The van der Waals surface area contributed by atoms with Crippen molar-refractivity contribution in [1.29, 1.82) is 0 Å². The average Bonchev–Trinajstić information content (AvgIpc) is 2.47. The topological polar surface area (TPSA) is 55.1 Å². The summed E-state index contributed by atoms with van der Waals surface area (Å²) in [6, 6.07) is 1.76. The number of aromatic nitrogens is 2. The van der Waals surface area contributed by atoms with E-state index in [1.165, 1.54) is 0 Å². The van der Waals surface area contributed by atoms with E-state index in [0.29, 0.717) is 17.7 Å². The Balaban J connectivity index is 3.07. The van der Waals surface area contributed by atoms with Crippen molar-refractivity contribution in [2.45, 2.75) is 26.5 Å². The smallest absolute Gasteiger partial charge is 0.170 e. The molecule has 0 amide bonds. The van der Waals surface area contributed by atoms with Gasteiger partial charge in [0.2, 0.25) is 0 Å². The fraction of sp³-hybridized carbons (Fsp3) is 0.500. The predicted molar refractivity (Wildman–Crippen MR) is 43.9 cm³/mol. The van der Waals surface area contributed by atoms with Crippen molar-refractivity contribution in [2.24, 2.45) is 0 Å². The first-order valence-corrected chi connectivity index (χ1v) is 3.83. The minimum atomic E-state index is -0.0843. The van der Waals surface area contributed by atoms with Crippen molar-refractivity contribution in [2.75, 3.05) is 0 Å². The van der Waals surface area contributed by atoms with Crippen LogP contribution in [-0.2, 0) is 6.61 Å². The van der Waals surface area contributed by atoms with E-state index in [0.717, 1.165) is 0 Å². The molecule has 0 aliphatic carbocycles. The second kappa shape index (κ2) is 3.49. The number of aldehydes is 1. The zero-order valence-corrected chi connectivity index (χ0v) is 7.19. The molecule has 12 heavy (non-hydrogen) atoms. The van der Waals surface area contributed by atoms with E-state index in [9.17, 15) is 4.79 Å². The van der Waals surface area contributed by atoms with Gasteiger partial charge in [-0.3, -0.25) is 9.48 Å². The lowest BCUT2D eigenvalue weighted by Gasteiger charge is -2.07. The fourth-order valence-electron chi connectivity index (χ4n) is 1.08. The molecule has 4 nitrogen and oxygen atoms in total. The standard InChI is InChI=1S/C8H12N2O2/c1-6(2)10-8(5-12)3-7(4-11)9-10/h3-4,6,12H,5H2,1-2H3. The Labute approximate surface area is 70.8 Å². The number of hydrogen-bond acceptors (Lipinski definition) is 3. The second-order valence-corrected chi connectivity index (χ2v) is 2.87. The average molecular weight is 168 g/mol. The van der Waals surface area contributed by atoms with Gasteiger partial charge in [0.25, 0.3) is 0 Å². The third-order valence-electron chi connectivity index (χ3n) is 1.60. The third-order valence-corrected chi connectivity index (χ3v) is 1.60. The number of rotatable bonds is 3. The normalized spacial score (nSPS) is 10.7. The Kier molecular flexibility index (Phi) is 2.60. The van der Waals surface area contributed by atoms with Gasteiger partial charge in [0.15, 0.2) is 6.29 Å². The van der Waals surface area contributed by atoms with E-state index < -0.39 is 0 Å². The molecule has 4 heteroatoms. The van der Waals surface area contributed by atoms with Crippen LogP contribution in [0.1, 0.15) is 36.1 Å². The molecule has 0 bridgehead atoms. The van der Waals surface area contributed by atoms with Crippen molar-refractivity contribution in [3.63, 3.8) is 0 Å². The number of hydrogen-bond donors (Lipinski definition) is 1. The van der Waals surface area contributed by atoms with Gasteiger partial charge in [-0.25, -0.2) is 0 Å². The highest BCUT2D eigenvalue weighted by atomic mass is 16.3. The summed E-state index contributed by atoms with van der Waals surface area (Å²) in [5.74, 6) is 0. The van der Waals surface area contributed by atoms with Gasteiger partial charge < -0.3 is 5.11 Å². The number of nitrogens with zero attached hydrogens (tertiary/aromatic N) is 2. The molecule has 0 saturated carbocycles. The van der Waals surface area contributed by atoms with Crippen LogP contribution in [0, 0.1) is 0 Å². The lowest BCUT2D eigenvalue weighted by Crippen LogP contribution is -2.07. The van der Waals surface area contributed by atoms with Gasteiger partial charge in [-0.2, -0.15) is 5.10 Å². The molecule has 66 valence electrons. The molecule has 0 radical (unpaired) electrons. The number of aliphatic hydroxyl groups excluding tert-OH is 1. The van der Waals surface area contributed by atoms with E-state index in [4.69, 9.17) is 5.11 Å². The van der Waals surface area contributed by atoms with Crippen LogP contribution in [0.4, 0.5) is 0 Å². The maximum absolute atomic E-state index is 10.4. The molecule has 0 saturated heterocycles. The van der Waals surface area contributed by atoms with Gasteiger partial charge in [-0.05, 0) is 19.9 Å². The van der Waals surface area contributed by atoms with Crippen molar-refractivity contribution >= 4 is 6.29 Å². The SMILES string of the molecule is CC(C)n1nc(C=O)cc1CO. The molecule has 0 aromatic carbocycles. The van der Waals surface area contributed by atoms with E-state index >= 15 is 0 Å². The summed E-state index contributed by atoms with van der Waals surface area (Å²) in [5, 5.41) is 12.9. The van der Waals surface area contributed by atoms with Gasteiger partial charge in [0.05, 0.1) is 12.3 Å². The summed E-state index contributed by atoms with van der Waals surface area (Å²) in [4.78, 5) is 10.4. The molecule has 0 spiro atoms. The van der Waals surface area contributed by atoms with Crippen molar-refractivity contribution in [3.05, 3.63) is 17.5 Å². The highest BCUT2D eigenvalue weighted by Crippen LogP contribution is 2.09. The van der Waals surface area contributed by atoms with Crippen LogP contribution in [0.3, 0.4) is 0 Å². The fourth-order valence-corrected chi connectivity index (χ4v) is 1.08. The summed E-state index contributed by atoms with van der Waals surface area (Å²) >= 11 is 0. The van der Waals surface area contributed by atoms with Crippen LogP contribution in [0.15, 0.2) is 6.07 Å². The zero-order valence-electron chi connectivity index (χ0n) is 7.19. The molecular formula is C8H12N2O2. The van der Waals surface area contributed by atoms with Crippen LogP contribution in [0.5, 0.6) is 0 Å². The Morgan fingerprint density at radius 1 is 1.75 bits per heavy atom. The van der Waals surface area contributed by atoms with E-state index in [1.54, 1.807) is 10.7 Å². The van der Waals surface area contributed by atoms with E-state index in [1.807, 2.05) is 13.8 Å². The van der Waals surface area contributed by atoms with Crippen molar-refractivity contribution < 1.29 is 9.90 Å². The maximum Gasteiger partial charge on any atom is 0.170 e. The molecule has 0 aliphatic rings. The van der Waals surface area contributed by atoms with Gasteiger partial charge in [-0.1, -0.05) is 0 Å². The summed E-state index contributed by atoms with van der Waals surface area (Å²) in [6.07, 6.45) is 0.679. The third kappa shape index (κ3) is 1.53. The summed E-state index contributed by atoms with van der Waals surface area (Å²) in [5.41, 5.74) is 1.04. The highest BCUT2D eigenvalue weighted by molar-refractivity contribution is 5.71. The first-order valence-electron chi connectivity index (χ1n) is 3.83. The monoisotopic (exact) mass is 168 g/mol. The van der Waals surface area contributed by atoms with Crippen LogP contribution in [0.2, 0.25) is 0 Å². The predicted octanol–water partition coefficient (Wildman–Crippen LogP) is 0.769. The van der Waals surface area contributed by atoms with Crippen LogP contribution >= 0.6 is 0 Å². The van der Waals surface area contributed by atoms with Crippen LogP contribution in [-0.4, -0.2) is 21.2 Å². The summed E-state index contributed by atoms with van der Waals surface area (Å²) in [6.45, 7) is 3.81. The molecule has 1 aromatic rings. The quantitative estimate of drug-likeness (QED) is 0.678. The second-order valence-electron chi connectivity index (χ2n) is 2.87. The number of aliphatic hydroxyl groups is 1. The molecule has 1 N–H and O–H groups in total. The van der Waals surface area contributed by atoms with Crippen LogP contribution < -0.4 is 0 Å². The molecule has 0 unspecified atom stereocenters. The summed E-state index contributed by atoms with van der Waals surface area (Å²) in [7, 11) is 0. The van der Waals surface area contributed by atoms with Crippen molar-refractivity contribution in [3.8, 4) is 0 Å². The zero-order chi connectivity index (χ0) is 9.14. The molecule has 1 heterocycles. The van der Waals surface area contributed by atoms with Gasteiger partial charge in [0.1, 0.15) is 5.69 Å². The van der Waals surface area contributed by atoms with E-state index in [2.05, 4.69) is 5.10 Å². The minimum Gasteiger partial charge on any atom is -0.390 e. The van der Waals surface area contributed by atoms with Gasteiger partial charge >= 0.3 is 0 Å². The molecule has 0 atom stereocenters. The van der Waals surface area contributed by atoms with Crippen molar-refractivity contribution in [1.82, 2.24) is 9.78 Å². The Bertz CT molecular complexity index is 279. The van der Waals surface area contributed by atoms with E-state index in [-0.39, 0.29) is 12.6 Å². The minimum absolute atomic E-state index is 0.0843.